The lowest BCUT2D eigenvalue weighted by molar-refractivity contribution is -0.120. The van der Waals surface area contributed by atoms with Crippen LogP contribution in [0.2, 0.25) is 5.02 Å². The predicted octanol–water partition coefficient (Wildman–Crippen LogP) is 1.11. The molecule has 1 amide bonds. The third-order valence-corrected chi connectivity index (χ3v) is 3.42. The summed E-state index contributed by atoms with van der Waals surface area (Å²) >= 11 is 5.84. The number of hydrogen-bond donors (Lipinski definition) is 2. The van der Waals surface area contributed by atoms with Crippen molar-refractivity contribution in [3.8, 4) is 0 Å². The van der Waals surface area contributed by atoms with Crippen LogP contribution in [0.15, 0.2) is 18.2 Å². The number of hydrogen-bond acceptors (Lipinski definition) is 4. The maximum absolute atomic E-state index is 12.9. The van der Waals surface area contributed by atoms with Gasteiger partial charge in [0.05, 0.1) is 43.1 Å². The van der Waals surface area contributed by atoms with E-state index in [-0.39, 0.29) is 30.1 Å². The van der Waals surface area contributed by atoms with Crippen LogP contribution in [-0.4, -0.2) is 54.9 Å². The molecule has 110 valence electrons. The van der Waals surface area contributed by atoms with Crippen molar-refractivity contribution < 1.29 is 19.0 Å². The second kappa shape index (κ2) is 6.99. The van der Waals surface area contributed by atoms with Crippen molar-refractivity contribution in [3.05, 3.63) is 29.0 Å². The van der Waals surface area contributed by atoms with Crippen LogP contribution in [0.25, 0.3) is 0 Å². The summed E-state index contributed by atoms with van der Waals surface area (Å²) in [7, 11) is 0. The number of morpholine rings is 1. The van der Waals surface area contributed by atoms with Gasteiger partial charge in [0.1, 0.15) is 5.82 Å². The molecule has 0 spiro atoms. The van der Waals surface area contributed by atoms with E-state index < -0.39 is 5.82 Å². The number of anilines is 1. The van der Waals surface area contributed by atoms with Crippen LogP contribution >= 0.6 is 11.6 Å². The summed E-state index contributed by atoms with van der Waals surface area (Å²) in [6.07, 6.45) is 0. The van der Waals surface area contributed by atoms with E-state index in [9.17, 15) is 14.3 Å². The molecule has 0 aromatic heterocycles. The molecule has 1 saturated heterocycles. The second-order valence-electron chi connectivity index (χ2n) is 4.55. The highest BCUT2D eigenvalue weighted by atomic mass is 35.5. The zero-order valence-electron chi connectivity index (χ0n) is 10.8. The number of ether oxygens (including phenoxy) is 1. The van der Waals surface area contributed by atoms with Gasteiger partial charge in [-0.05, 0) is 18.2 Å². The zero-order chi connectivity index (χ0) is 14.5. The van der Waals surface area contributed by atoms with E-state index in [0.717, 1.165) is 6.07 Å². The van der Waals surface area contributed by atoms with Gasteiger partial charge in [0.15, 0.2) is 0 Å². The number of nitrogens with one attached hydrogen (secondary N) is 1. The summed E-state index contributed by atoms with van der Waals surface area (Å²) in [5.41, 5.74) is 0.367. The van der Waals surface area contributed by atoms with Crippen LogP contribution < -0.4 is 5.32 Å². The Labute approximate surface area is 121 Å². The average molecular weight is 303 g/mol. The van der Waals surface area contributed by atoms with Gasteiger partial charge in [-0.1, -0.05) is 11.6 Å². The molecular formula is C13H16ClFN2O3. The number of nitrogens with zero attached hydrogens (tertiary/aromatic N) is 1. The Hall–Kier alpha value is -1.21. The summed E-state index contributed by atoms with van der Waals surface area (Å²) in [4.78, 5) is 13.8. The Morgan fingerprint density at radius 2 is 2.40 bits per heavy atom. The van der Waals surface area contributed by atoms with Gasteiger partial charge in [0.25, 0.3) is 0 Å². The number of amides is 1. The molecule has 1 heterocycles. The van der Waals surface area contributed by atoms with Gasteiger partial charge in [-0.3, -0.25) is 9.69 Å². The van der Waals surface area contributed by atoms with Gasteiger partial charge in [0.2, 0.25) is 5.91 Å². The number of aliphatic hydroxyl groups is 1. The molecule has 0 saturated carbocycles. The minimum atomic E-state index is -0.457. The summed E-state index contributed by atoms with van der Waals surface area (Å²) in [5.74, 6) is -0.722. The van der Waals surface area contributed by atoms with Crippen molar-refractivity contribution in [2.75, 3.05) is 38.2 Å². The molecule has 1 aromatic rings. The second-order valence-corrected chi connectivity index (χ2v) is 4.96. The molecule has 0 bridgehead atoms. The highest BCUT2D eigenvalue weighted by molar-refractivity contribution is 6.33. The average Bonchev–Trinajstić information content (AvgIpc) is 2.42. The Morgan fingerprint density at radius 1 is 1.60 bits per heavy atom. The van der Waals surface area contributed by atoms with Crippen LogP contribution in [0.5, 0.6) is 0 Å². The molecule has 1 fully saturated rings. The lowest BCUT2D eigenvalue weighted by atomic mass is 10.2. The van der Waals surface area contributed by atoms with Crippen molar-refractivity contribution in [1.82, 2.24) is 4.90 Å². The van der Waals surface area contributed by atoms with Crippen molar-refractivity contribution >= 4 is 23.2 Å². The van der Waals surface area contributed by atoms with E-state index in [4.69, 9.17) is 16.3 Å². The standard InChI is InChI=1S/C13H16ClFN2O3/c14-11-5-9(15)1-2-12(11)16-13(19)6-17-3-4-20-8-10(17)7-18/h1-2,5,10,18H,3-4,6-8H2,(H,16,19). The van der Waals surface area contributed by atoms with Crippen molar-refractivity contribution in [1.29, 1.82) is 0 Å². The largest absolute Gasteiger partial charge is 0.395 e. The highest BCUT2D eigenvalue weighted by Gasteiger charge is 2.24. The topological polar surface area (TPSA) is 61.8 Å². The van der Waals surface area contributed by atoms with E-state index >= 15 is 0 Å². The first-order valence-corrected chi connectivity index (χ1v) is 6.65. The van der Waals surface area contributed by atoms with E-state index in [1.165, 1.54) is 12.1 Å². The van der Waals surface area contributed by atoms with Crippen molar-refractivity contribution in [2.24, 2.45) is 0 Å². The first-order valence-electron chi connectivity index (χ1n) is 6.27. The van der Waals surface area contributed by atoms with E-state index in [2.05, 4.69) is 5.32 Å². The maximum atomic E-state index is 12.9. The fourth-order valence-corrected chi connectivity index (χ4v) is 2.25. The summed E-state index contributed by atoms with van der Waals surface area (Å²) in [6, 6.07) is 3.60. The lowest BCUT2D eigenvalue weighted by Gasteiger charge is -2.33. The monoisotopic (exact) mass is 302 g/mol. The number of carbonyl (C=O) groups excluding carboxylic acids is 1. The van der Waals surface area contributed by atoms with Crippen LogP contribution in [0, 0.1) is 5.82 Å². The first-order chi connectivity index (χ1) is 9.60. The third-order valence-electron chi connectivity index (χ3n) is 3.11. The van der Waals surface area contributed by atoms with Gasteiger partial charge in [-0.25, -0.2) is 4.39 Å². The van der Waals surface area contributed by atoms with Gasteiger partial charge in [-0.2, -0.15) is 0 Å². The quantitative estimate of drug-likeness (QED) is 0.875. The van der Waals surface area contributed by atoms with Gasteiger partial charge in [-0.15, -0.1) is 0 Å². The molecule has 1 atom stereocenters. The van der Waals surface area contributed by atoms with E-state index in [1.807, 2.05) is 4.90 Å². The molecule has 1 aliphatic heterocycles. The summed E-state index contributed by atoms with van der Waals surface area (Å²) < 4.78 is 18.1. The molecule has 1 unspecified atom stereocenters. The zero-order valence-corrected chi connectivity index (χ0v) is 11.6. The summed E-state index contributed by atoms with van der Waals surface area (Å²) in [6.45, 7) is 1.57. The molecule has 0 radical (unpaired) electrons. The minimum Gasteiger partial charge on any atom is -0.395 e. The summed E-state index contributed by atoms with van der Waals surface area (Å²) in [5, 5.41) is 12.0. The molecule has 2 rings (SSSR count). The van der Waals surface area contributed by atoms with E-state index in [1.54, 1.807) is 0 Å². The molecule has 2 N–H and O–H groups in total. The van der Waals surface area contributed by atoms with Gasteiger partial charge in [0, 0.05) is 6.54 Å². The Kier molecular flexibility index (Phi) is 5.31. The fraction of sp³-hybridized carbons (Fsp3) is 0.462. The molecule has 0 aliphatic carbocycles. The number of carbonyl (C=O) groups is 1. The third kappa shape index (κ3) is 3.89. The molecular weight excluding hydrogens is 287 g/mol. The number of aliphatic hydroxyl groups excluding tert-OH is 1. The number of halogens is 2. The molecule has 20 heavy (non-hydrogen) atoms. The number of benzene rings is 1. The minimum absolute atomic E-state index is 0.0649. The Balaban J connectivity index is 1.94. The molecule has 1 aromatic carbocycles. The normalized spacial score (nSPS) is 19.9. The fourth-order valence-electron chi connectivity index (χ4n) is 2.03. The number of rotatable bonds is 4. The van der Waals surface area contributed by atoms with E-state index in [0.29, 0.717) is 25.4 Å². The molecule has 5 nitrogen and oxygen atoms in total. The van der Waals surface area contributed by atoms with Gasteiger partial charge < -0.3 is 15.2 Å². The Bertz CT molecular complexity index is 487. The first kappa shape index (κ1) is 15.2. The predicted molar refractivity (Wildman–Crippen MR) is 73.3 cm³/mol. The lowest BCUT2D eigenvalue weighted by Crippen LogP contribution is -2.50. The van der Waals surface area contributed by atoms with Crippen LogP contribution in [0.3, 0.4) is 0 Å². The Morgan fingerprint density at radius 3 is 3.10 bits per heavy atom. The van der Waals surface area contributed by atoms with Crippen LogP contribution in [-0.2, 0) is 9.53 Å². The molecule has 7 heteroatoms. The maximum Gasteiger partial charge on any atom is 0.238 e. The van der Waals surface area contributed by atoms with Crippen LogP contribution in [0.4, 0.5) is 10.1 Å². The smallest absolute Gasteiger partial charge is 0.238 e. The van der Waals surface area contributed by atoms with Crippen molar-refractivity contribution in [2.45, 2.75) is 6.04 Å². The SMILES string of the molecule is O=C(CN1CCOCC1CO)Nc1ccc(F)cc1Cl. The van der Waals surface area contributed by atoms with Crippen LogP contribution in [0.1, 0.15) is 0 Å². The molecule has 1 aliphatic rings. The van der Waals surface area contributed by atoms with Gasteiger partial charge >= 0.3 is 0 Å². The highest BCUT2D eigenvalue weighted by Crippen LogP contribution is 2.22. The van der Waals surface area contributed by atoms with Crippen molar-refractivity contribution in [3.63, 3.8) is 0 Å².